The first kappa shape index (κ1) is 34.7. The summed E-state index contributed by atoms with van der Waals surface area (Å²) in [5, 5.41) is 34.2. The highest BCUT2D eigenvalue weighted by Gasteiger charge is 2.84. The molecule has 3 aliphatic heterocycles. The van der Waals surface area contributed by atoms with Gasteiger partial charge >= 0.3 is 0 Å². The molecule has 14 atom stereocenters. The van der Waals surface area contributed by atoms with Crippen LogP contribution >= 0.6 is 0 Å². The molecule has 0 aromatic carbocycles. The number of morpholine rings is 1. The molecule has 0 radical (unpaired) electrons. The molecule has 3 saturated heterocycles. The smallest absolute Gasteiger partial charge is 0.170 e. The molecule has 274 valence electrons. The summed E-state index contributed by atoms with van der Waals surface area (Å²) in [5.41, 5.74) is -0.781. The van der Waals surface area contributed by atoms with E-state index in [0.717, 1.165) is 58.5 Å². The summed E-state index contributed by atoms with van der Waals surface area (Å²) in [6.07, 6.45) is 6.90. The van der Waals surface area contributed by atoms with Gasteiger partial charge in [-0.2, -0.15) is 0 Å². The Bertz CT molecular complexity index is 1250. The summed E-state index contributed by atoms with van der Waals surface area (Å²) < 4.78 is 20.0. The third kappa shape index (κ3) is 4.54. The van der Waals surface area contributed by atoms with Crippen molar-refractivity contribution < 1.29 is 29.5 Å². The first-order valence-electron chi connectivity index (χ1n) is 19.9. The van der Waals surface area contributed by atoms with Crippen molar-refractivity contribution in [1.82, 2.24) is 9.80 Å². The summed E-state index contributed by atoms with van der Waals surface area (Å²) in [7, 11) is 0. The van der Waals surface area contributed by atoms with Crippen molar-refractivity contribution in [2.75, 3.05) is 32.8 Å². The normalized spacial score (nSPS) is 52.8. The number of hydrogen-bond donors (Lipinski definition) is 3. The topological polar surface area (TPSA) is 94.9 Å². The molecule has 0 bridgehead atoms. The average molecular weight is 673 g/mol. The molecule has 48 heavy (non-hydrogen) atoms. The molecule has 0 aromatic rings. The Kier molecular flexibility index (Phi) is 8.04. The van der Waals surface area contributed by atoms with Crippen LogP contribution in [0.3, 0.4) is 0 Å². The van der Waals surface area contributed by atoms with E-state index in [1.165, 1.54) is 25.7 Å². The standard InChI is InChI=1S/C40H68N2O6/c1-23(2)42-19-25(20-42)41-16-17-46-30(21-41)48-29-12-13-39-22-40(39)15-14-37(8)31-24(3)18-26(33(43)36(6,7)45)47-32(31)34(44)38(37,9)28(40)11-10-27(39)35(29,4)5/h23-34,43-45H,10-22H2,1-9H3/t24-,26?,27+,28?,29+,30?,31+,32?,33+,34+,37-,38?,39-,40?/m1/s1. The first-order chi connectivity index (χ1) is 22.4. The van der Waals surface area contributed by atoms with E-state index in [4.69, 9.17) is 14.2 Å². The molecule has 5 saturated carbocycles. The maximum Gasteiger partial charge on any atom is 0.170 e. The molecule has 5 aliphatic carbocycles. The third-order valence-electron chi connectivity index (χ3n) is 17.4. The van der Waals surface area contributed by atoms with Gasteiger partial charge in [0.15, 0.2) is 6.29 Å². The van der Waals surface area contributed by atoms with Gasteiger partial charge in [0.25, 0.3) is 0 Å². The molecule has 8 rings (SSSR count). The second-order valence-corrected chi connectivity index (χ2v) is 20.3. The number of ether oxygens (including phenoxy) is 3. The van der Waals surface area contributed by atoms with Gasteiger partial charge in [0.1, 0.15) is 6.10 Å². The minimum Gasteiger partial charge on any atom is -0.390 e. The largest absolute Gasteiger partial charge is 0.390 e. The Morgan fingerprint density at radius 2 is 1.62 bits per heavy atom. The fraction of sp³-hybridized carbons (Fsp3) is 1.00. The van der Waals surface area contributed by atoms with Gasteiger partial charge in [0, 0.05) is 43.7 Å². The van der Waals surface area contributed by atoms with Crippen LogP contribution in [0.15, 0.2) is 0 Å². The number of fused-ring (bicyclic) bond motifs is 4. The lowest BCUT2D eigenvalue weighted by Crippen LogP contribution is -2.64. The SMILES string of the molecule is CC(C)N1CC(N2CCOC(O[C@H]3CC[C@]45CC46CC[C@]4(C)[C@@H]7C(OC([C@H](O)C(C)(C)O)C[C@H]7C)[C@H](O)C4(C)C6CC[C@H]5C3(C)C)C2)C1. The molecule has 0 amide bonds. The molecule has 0 aromatic heterocycles. The fourth-order valence-electron chi connectivity index (χ4n) is 14.6. The minimum atomic E-state index is -1.24. The maximum absolute atomic E-state index is 12.5. The van der Waals surface area contributed by atoms with Gasteiger partial charge in [-0.1, -0.05) is 34.6 Å². The number of aliphatic hydroxyl groups is 3. The van der Waals surface area contributed by atoms with Gasteiger partial charge in [0.2, 0.25) is 0 Å². The average Bonchev–Trinajstić information content (AvgIpc) is 3.61. The van der Waals surface area contributed by atoms with E-state index < -0.39 is 23.9 Å². The highest BCUT2D eigenvalue weighted by Crippen LogP contribution is 2.89. The van der Waals surface area contributed by atoms with Crippen LogP contribution in [-0.2, 0) is 14.2 Å². The second-order valence-electron chi connectivity index (χ2n) is 20.3. The van der Waals surface area contributed by atoms with Crippen LogP contribution in [0.2, 0.25) is 0 Å². The van der Waals surface area contributed by atoms with Crippen LogP contribution in [0.1, 0.15) is 114 Å². The van der Waals surface area contributed by atoms with Crippen LogP contribution in [0.5, 0.6) is 0 Å². The zero-order chi connectivity index (χ0) is 34.4. The Labute approximate surface area is 290 Å². The highest BCUT2D eigenvalue weighted by molar-refractivity contribution is 5.33. The Morgan fingerprint density at radius 3 is 2.31 bits per heavy atom. The van der Waals surface area contributed by atoms with Crippen molar-refractivity contribution in [1.29, 1.82) is 0 Å². The van der Waals surface area contributed by atoms with Gasteiger partial charge in [-0.15, -0.1) is 0 Å². The van der Waals surface area contributed by atoms with Crippen molar-refractivity contribution in [3.63, 3.8) is 0 Å². The number of aliphatic hydroxyl groups excluding tert-OH is 2. The van der Waals surface area contributed by atoms with E-state index in [1.807, 2.05) is 0 Å². The van der Waals surface area contributed by atoms with Gasteiger partial charge in [-0.25, -0.2) is 0 Å². The molecular weight excluding hydrogens is 604 g/mol. The molecule has 8 fully saturated rings. The summed E-state index contributed by atoms with van der Waals surface area (Å²) in [4.78, 5) is 5.18. The number of nitrogens with zero attached hydrogens (tertiary/aromatic N) is 2. The number of likely N-dealkylation sites (tertiary alicyclic amines) is 1. The van der Waals surface area contributed by atoms with E-state index in [1.54, 1.807) is 13.8 Å². The van der Waals surface area contributed by atoms with Gasteiger partial charge < -0.3 is 29.5 Å². The molecule has 2 spiro atoms. The lowest BCUT2D eigenvalue weighted by atomic mass is 9.41. The van der Waals surface area contributed by atoms with Crippen molar-refractivity contribution in [2.45, 2.75) is 168 Å². The second kappa shape index (κ2) is 11.1. The van der Waals surface area contributed by atoms with Gasteiger partial charge in [-0.3, -0.25) is 9.80 Å². The fourth-order valence-corrected chi connectivity index (χ4v) is 14.6. The van der Waals surface area contributed by atoms with E-state index in [9.17, 15) is 15.3 Å². The van der Waals surface area contributed by atoms with E-state index in [-0.39, 0.29) is 40.7 Å². The van der Waals surface area contributed by atoms with Gasteiger partial charge in [0.05, 0.1) is 36.6 Å². The van der Waals surface area contributed by atoms with Crippen LogP contribution in [0.4, 0.5) is 0 Å². The van der Waals surface area contributed by atoms with Crippen LogP contribution in [-0.4, -0.2) is 112 Å². The lowest BCUT2D eigenvalue weighted by molar-refractivity contribution is -0.253. The summed E-state index contributed by atoms with van der Waals surface area (Å²) in [6.45, 7) is 25.1. The predicted octanol–water partition coefficient (Wildman–Crippen LogP) is 5.07. The molecule has 8 aliphatic rings. The minimum absolute atomic E-state index is 0.0135. The highest BCUT2D eigenvalue weighted by atomic mass is 16.7. The lowest BCUT2D eigenvalue weighted by Gasteiger charge is -2.64. The molecule has 3 N–H and O–H groups in total. The summed E-state index contributed by atoms with van der Waals surface area (Å²) >= 11 is 0. The van der Waals surface area contributed by atoms with Crippen molar-refractivity contribution in [3.05, 3.63) is 0 Å². The van der Waals surface area contributed by atoms with E-state index in [2.05, 4.69) is 58.3 Å². The Hall–Kier alpha value is -0.320. The summed E-state index contributed by atoms with van der Waals surface area (Å²) in [6, 6.07) is 1.25. The molecule has 8 heteroatoms. The molecular formula is C40H68N2O6. The summed E-state index contributed by atoms with van der Waals surface area (Å²) in [5.74, 6) is 1.68. The van der Waals surface area contributed by atoms with Crippen LogP contribution < -0.4 is 0 Å². The van der Waals surface area contributed by atoms with Crippen molar-refractivity contribution in [2.24, 2.45) is 50.7 Å². The quantitative estimate of drug-likeness (QED) is 0.361. The maximum atomic E-state index is 12.5. The number of hydrogen-bond acceptors (Lipinski definition) is 8. The zero-order valence-electron chi connectivity index (χ0n) is 31.6. The van der Waals surface area contributed by atoms with E-state index in [0.29, 0.717) is 40.7 Å². The van der Waals surface area contributed by atoms with Crippen LogP contribution in [0.25, 0.3) is 0 Å². The Balaban J connectivity index is 0.991. The zero-order valence-corrected chi connectivity index (χ0v) is 31.6. The van der Waals surface area contributed by atoms with Crippen LogP contribution in [0, 0.1) is 50.7 Å². The molecule has 3 heterocycles. The monoisotopic (exact) mass is 673 g/mol. The first-order valence-corrected chi connectivity index (χ1v) is 19.9. The van der Waals surface area contributed by atoms with Gasteiger partial charge in [-0.05, 0) is 124 Å². The Morgan fingerprint density at radius 1 is 0.938 bits per heavy atom. The molecule has 6 unspecified atom stereocenters. The molecule has 8 nitrogen and oxygen atoms in total. The number of rotatable bonds is 6. The van der Waals surface area contributed by atoms with E-state index >= 15 is 0 Å². The third-order valence-corrected chi connectivity index (χ3v) is 17.4. The predicted molar refractivity (Wildman–Crippen MR) is 185 cm³/mol. The van der Waals surface area contributed by atoms with Crippen molar-refractivity contribution >= 4 is 0 Å². The van der Waals surface area contributed by atoms with Crippen molar-refractivity contribution in [3.8, 4) is 0 Å².